The molecular weight excluding hydrogens is 377 g/mol. The molecule has 2 rings (SSSR count). The summed E-state index contributed by atoms with van der Waals surface area (Å²) in [4.78, 5) is 12.4. The highest BCUT2D eigenvalue weighted by atomic mass is 28.4. The summed E-state index contributed by atoms with van der Waals surface area (Å²) >= 11 is 0. The van der Waals surface area contributed by atoms with E-state index in [4.69, 9.17) is 4.43 Å². The van der Waals surface area contributed by atoms with Crippen molar-refractivity contribution in [3.05, 3.63) is 33.9 Å². The Morgan fingerprint density at radius 3 is 2.41 bits per heavy atom. The molecule has 1 heterocycles. The van der Waals surface area contributed by atoms with Gasteiger partial charge in [0.2, 0.25) is 0 Å². The Balaban J connectivity index is 2.26. The lowest BCUT2D eigenvalue weighted by Crippen LogP contribution is -2.49. The van der Waals surface area contributed by atoms with Crippen molar-refractivity contribution in [1.82, 2.24) is 0 Å². The molecular formula is C18H27F3N2O3Si. The molecule has 1 aromatic rings. The Morgan fingerprint density at radius 1 is 1.26 bits per heavy atom. The predicted octanol–water partition coefficient (Wildman–Crippen LogP) is 5.60. The number of hydrogen-bond acceptors (Lipinski definition) is 4. The van der Waals surface area contributed by atoms with Crippen molar-refractivity contribution >= 4 is 19.7 Å². The number of rotatable bonds is 4. The number of benzene rings is 1. The lowest BCUT2D eigenvalue weighted by molar-refractivity contribution is -0.384. The Labute approximate surface area is 158 Å². The first-order valence-corrected chi connectivity index (χ1v) is 11.9. The van der Waals surface area contributed by atoms with Crippen molar-refractivity contribution < 1.29 is 22.5 Å². The van der Waals surface area contributed by atoms with Crippen LogP contribution in [0.4, 0.5) is 24.5 Å². The van der Waals surface area contributed by atoms with Crippen LogP contribution in [-0.4, -0.2) is 32.4 Å². The quantitative estimate of drug-likeness (QED) is 0.372. The molecule has 1 aliphatic rings. The summed E-state index contributed by atoms with van der Waals surface area (Å²) in [5, 5.41) is 11.4. The van der Waals surface area contributed by atoms with Crippen LogP contribution in [0.15, 0.2) is 18.2 Å². The number of hydrogen-bond donors (Lipinski definition) is 0. The van der Waals surface area contributed by atoms with Crippen LogP contribution < -0.4 is 4.90 Å². The summed E-state index contributed by atoms with van der Waals surface area (Å²) in [6.45, 7) is 11.7. The van der Waals surface area contributed by atoms with Crippen molar-refractivity contribution in [2.24, 2.45) is 0 Å². The first-order valence-electron chi connectivity index (χ1n) is 9.01. The maximum Gasteiger partial charge on any atom is 0.416 e. The molecule has 0 aliphatic carbocycles. The minimum absolute atomic E-state index is 0.0373. The highest BCUT2D eigenvalue weighted by Gasteiger charge is 2.40. The molecule has 1 aliphatic heterocycles. The van der Waals surface area contributed by atoms with Crippen LogP contribution in [0.5, 0.6) is 0 Å². The van der Waals surface area contributed by atoms with Gasteiger partial charge in [-0.05, 0) is 43.1 Å². The SMILES string of the molecule is CC(C)(C)[Si](C)(C)OC1CCCN(c2ccc(C(F)(F)F)cc2[N+](=O)[O-])C1. The minimum Gasteiger partial charge on any atom is -0.412 e. The smallest absolute Gasteiger partial charge is 0.412 e. The second-order valence-electron chi connectivity index (χ2n) is 8.55. The zero-order chi connectivity index (χ0) is 20.6. The second-order valence-corrected chi connectivity index (χ2v) is 13.3. The van der Waals surface area contributed by atoms with Crippen molar-refractivity contribution in [3.8, 4) is 0 Å². The number of nitro groups is 1. The summed E-state index contributed by atoms with van der Waals surface area (Å²) in [5.74, 6) is 0. The van der Waals surface area contributed by atoms with E-state index >= 15 is 0 Å². The normalized spacial score (nSPS) is 19.3. The van der Waals surface area contributed by atoms with E-state index in [9.17, 15) is 23.3 Å². The molecule has 0 amide bonds. The fourth-order valence-corrected chi connectivity index (χ4v) is 4.34. The van der Waals surface area contributed by atoms with E-state index in [1.165, 1.54) is 6.07 Å². The maximum atomic E-state index is 12.9. The molecule has 0 saturated carbocycles. The zero-order valence-corrected chi connectivity index (χ0v) is 17.4. The Kier molecular flexibility index (Phi) is 5.96. The first-order chi connectivity index (χ1) is 12.2. The summed E-state index contributed by atoms with van der Waals surface area (Å²) in [6.07, 6.45) is -3.07. The summed E-state index contributed by atoms with van der Waals surface area (Å²) in [7, 11) is -2.00. The van der Waals surface area contributed by atoms with Crippen molar-refractivity contribution in [2.75, 3.05) is 18.0 Å². The van der Waals surface area contributed by atoms with Crippen molar-refractivity contribution in [3.63, 3.8) is 0 Å². The third-order valence-corrected chi connectivity index (χ3v) is 10.0. The topological polar surface area (TPSA) is 55.6 Å². The van der Waals surface area contributed by atoms with Gasteiger partial charge in [-0.25, -0.2) is 0 Å². The fraction of sp³-hybridized carbons (Fsp3) is 0.667. The maximum absolute atomic E-state index is 12.9. The minimum atomic E-state index is -4.61. The average molecular weight is 405 g/mol. The van der Waals surface area contributed by atoms with Gasteiger partial charge in [0.05, 0.1) is 16.6 Å². The number of halogens is 3. The van der Waals surface area contributed by atoms with Gasteiger partial charge >= 0.3 is 6.18 Å². The summed E-state index contributed by atoms with van der Waals surface area (Å²) in [5.41, 5.74) is -1.31. The zero-order valence-electron chi connectivity index (χ0n) is 16.4. The summed E-state index contributed by atoms with van der Waals surface area (Å²) in [6, 6.07) is 2.73. The third-order valence-electron chi connectivity index (χ3n) is 5.49. The van der Waals surface area contributed by atoms with Crippen LogP contribution in [0.2, 0.25) is 18.1 Å². The molecule has 0 N–H and O–H groups in total. The predicted molar refractivity (Wildman–Crippen MR) is 102 cm³/mol. The first kappa shape index (κ1) is 21.7. The lowest BCUT2D eigenvalue weighted by atomic mass is 10.1. The van der Waals surface area contributed by atoms with E-state index in [-0.39, 0.29) is 16.8 Å². The Morgan fingerprint density at radius 2 is 1.89 bits per heavy atom. The average Bonchev–Trinajstić information content (AvgIpc) is 2.52. The number of anilines is 1. The van der Waals surface area contributed by atoms with Crippen LogP contribution in [0.1, 0.15) is 39.2 Å². The Hall–Kier alpha value is -1.61. The third kappa shape index (κ3) is 5.01. The van der Waals surface area contributed by atoms with Crippen LogP contribution in [0.3, 0.4) is 0 Å². The number of nitro benzene ring substituents is 1. The largest absolute Gasteiger partial charge is 0.416 e. The van der Waals surface area contributed by atoms with Gasteiger partial charge in [0.1, 0.15) is 5.69 Å². The van der Waals surface area contributed by atoms with E-state index in [0.717, 1.165) is 18.9 Å². The molecule has 0 aromatic heterocycles. The second kappa shape index (κ2) is 7.42. The molecule has 1 atom stereocenters. The van der Waals surface area contributed by atoms with Crippen LogP contribution in [0.25, 0.3) is 0 Å². The van der Waals surface area contributed by atoms with Gasteiger partial charge in [0, 0.05) is 19.2 Å². The van der Waals surface area contributed by atoms with Gasteiger partial charge in [0.15, 0.2) is 8.32 Å². The molecule has 1 fully saturated rings. The summed E-state index contributed by atoms with van der Waals surface area (Å²) < 4.78 is 45.2. The van der Waals surface area contributed by atoms with Crippen LogP contribution in [-0.2, 0) is 10.6 Å². The molecule has 1 unspecified atom stereocenters. The highest BCUT2D eigenvalue weighted by molar-refractivity contribution is 6.74. The number of piperidine rings is 1. The molecule has 152 valence electrons. The monoisotopic (exact) mass is 404 g/mol. The Bertz CT molecular complexity index is 702. The highest BCUT2D eigenvalue weighted by Crippen LogP contribution is 2.40. The lowest BCUT2D eigenvalue weighted by Gasteiger charge is -2.42. The van der Waals surface area contributed by atoms with Gasteiger partial charge < -0.3 is 9.33 Å². The molecule has 0 bridgehead atoms. The molecule has 9 heteroatoms. The standard InChI is InChI=1S/C18H27F3N2O3Si/c1-17(2,3)27(4,5)26-14-7-6-10-22(12-14)15-9-8-13(18(19,20)21)11-16(15)23(24)25/h8-9,11,14H,6-7,10,12H2,1-5H3. The van der Waals surface area contributed by atoms with Gasteiger partial charge in [-0.3, -0.25) is 10.1 Å². The van der Waals surface area contributed by atoms with Gasteiger partial charge in [-0.15, -0.1) is 0 Å². The van der Waals surface area contributed by atoms with Gasteiger partial charge in [-0.1, -0.05) is 20.8 Å². The van der Waals surface area contributed by atoms with E-state index < -0.39 is 30.7 Å². The molecule has 5 nitrogen and oxygen atoms in total. The van der Waals surface area contributed by atoms with Crippen LogP contribution in [0, 0.1) is 10.1 Å². The molecule has 1 saturated heterocycles. The molecule has 1 aromatic carbocycles. The van der Waals surface area contributed by atoms with Crippen molar-refractivity contribution in [1.29, 1.82) is 0 Å². The van der Waals surface area contributed by atoms with E-state index in [0.29, 0.717) is 19.2 Å². The molecule has 27 heavy (non-hydrogen) atoms. The van der Waals surface area contributed by atoms with Crippen molar-refractivity contribution in [2.45, 2.75) is 64.0 Å². The number of nitrogens with zero attached hydrogens (tertiary/aromatic N) is 2. The number of alkyl halides is 3. The van der Waals surface area contributed by atoms with Gasteiger partial charge in [-0.2, -0.15) is 13.2 Å². The molecule has 0 spiro atoms. The van der Waals surface area contributed by atoms with Crippen LogP contribution >= 0.6 is 0 Å². The van der Waals surface area contributed by atoms with E-state index in [1.807, 2.05) is 0 Å². The van der Waals surface area contributed by atoms with Gasteiger partial charge in [0.25, 0.3) is 5.69 Å². The van der Waals surface area contributed by atoms with E-state index in [2.05, 4.69) is 33.9 Å². The fourth-order valence-electron chi connectivity index (χ4n) is 2.96. The molecule has 0 radical (unpaired) electrons. The van der Waals surface area contributed by atoms with E-state index in [1.54, 1.807) is 4.90 Å².